The predicted molar refractivity (Wildman–Crippen MR) is 109 cm³/mol. The summed E-state index contributed by atoms with van der Waals surface area (Å²) in [7, 11) is -2.06. The first-order valence-electron chi connectivity index (χ1n) is 8.77. The quantitative estimate of drug-likeness (QED) is 0.819. The van der Waals surface area contributed by atoms with Gasteiger partial charge in [-0.15, -0.1) is 0 Å². The molecule has 1 saturated heterocycles. The molecule has 2 amide bonds. The van der Waals surface area contributed by atoms with Crippen molar-refractivity contribution in [3.8, 4) is 5.75 Å². The molecule has 0 aliphatic carbocycles. The molecule has 3 rings (SSSR count). The Labute approximate surface area is 169 Å². The minimum absolute atomic E-state index is 0.232. The number of rotatable bonds is 4. The van der Waals surface area contributed by atoms with Gasteiger partial charge in [-0.05, 0) is 37.3 Å². The maximum Gasteiger partial charge on any atom is 0.322 e. The van der Waals surface area contributed by atoms with Gasteiger partial charge in [-0.2, -0.15) is 4.31 Å². The van der Waals surface area contributed by atoms with Gasteiger partial charge in [0.25, 0.3) is 0 Å². The standard InChI is InChI=1S/C19H22ClN3O4S/c1-14-3-6-16(7-4-14)28(25,26)23-11-9-22(10-12-23)19(24)21-17-13-15(20)5-8-18(17)27-2/h3-8,13H,9-12H2,1-2H3,(H,21,24). The minimum Gasteiger partial charge on any atom is -0.495 e. The molecule has 9 heteroatoms. The van der Waals surface area contributed by atoms with E-state index in [1.165, 1.54) is 11.4 Å². The zero-order valence-corrected chi connectivity index (χ0v) is 17.3. The zero-order valence-electron chi connectivity index (χ0n) is 15.7. The highest BCUT2D eigenvalue weighted by Crippen LogP contribution is 2.28. The van der Waals surface area contributed by atoms with Crippen LogP contribution < -0.4 is 10.1 Å². The Morgan fingerprint density at radius 3 is 2.32 bits per heavy atom. The van der Waals surface area contributed by atoms with E-state index in [1.54, 1.807) is 47.4 Å². The van der Waals surface area contributed by atoms with Crippen molar-refractivity contribution >= 4 is 33.3 Å². The van der Waals surface area contributed by atoms with Crippen LogP contribution in [0.25, 0.3) is 0 Å². The molecule has 2 aromatic rings. The molecular weight excluding hydrogens is 402 g/mol. The maximum absolute atomic E-state index is 12.8. The lowest BCUT2D eigenvalue weighted by Gasteiger charge is -2.34. The van der Waals surface area contributed by atoms with Gasteiger partial charge >= 0.3 is 6.03 Å². The van der Waals surface area contributed by atoms with Crippen molar-refractivity contribution in [3.05, 3.63) is 53.1 Å². The van der Waals surface area contributed by atoms with E-state index in [0.717, 1.165) is 5.56 Å². The average Bonchev–Trinajstić information content (AvgIpc) is 2.68. The van der Waals surface area contributed by atoms with Crippen molar-refractivity contribution in [2.45, 2.75) is 11.8 Å². The molecule has 0 atom stereocenters. The van der Waals surface area contributed by atoms with E-state index in [-0.39, 0.29) is 24.0 Å². The molecule has 1 N–H and O–H groups in total. The van der Waals surface area contributed by atoms with E-state index in [2.05, 4.69) is 5.32 Å². The second kappa shape index (κ2) is 8.38. The van der Waals surface area contributed by atoms with Gasteiger partial charge in [0.15, 0.2) is 0 Å². The lowest BCUT2D eigenvalue weighted by molar-refractivity contribution is 0.184. The van der Waals surface area contributed by atoms with Gasteiger partial charge in [-0.25, -0.2) is 13.2 Å². The summed E-state index contributed by atoms with van der Waals surface area (Å²) < 4.78 is 32.2. The summed E-state index contributed by atoms with van der Waals surface area (Å²) in [6.07, 6.45) is 0. The van der Waals surface area contributed by atoms with Crippen molar-refractivity contribution in [3.63, 3.8) is 0 Å². The number of anilines is 1. The summed E-state index contributed by atoms with van der Waals surface area (Å²) in [5.41, 5.74) is 1.46. The Morgan fingerprint density at radius 2 is 1.71 bits per heavy atom. The minimum atomic E-state index is -3.57. The Hall–Kier alpha value is -2.29. The molecular formula is C19H22ClN3O4S. The van der Waals surface area contributed by atoms with Gasteiger partial charge in [0.1, 0.15) is 5.75 Å². The van der Waals surface area contributed by atoms with Crippen LogP contribution in [0.5, 0.6) is 5.75 Å². The van der Waals surface area contributed by atoms with Gasteiger partial charge in [0.2, 0.25) is 10.0 Å². The monoisotopic (exact) mass is 423 g/mol. The first-order chi connectivity index (χ1) is 13.3. The molecule has 0 aromatic heterocycles. The second-order valence-electron chi connectivity index (χ2n) is 6.48. The van der Waals surface area contributed by atoms with E-state index >= 15 is 0 Å². The number of benzene rings is 2. The number of halogens is 1. The normalized spacial score (nSPS) is 15.3. The molecule has 0 unspecified atom stereocenters. The first-order valence-corrected chi connectivity index (χ1v) is 10.6. The first kappa shape index (κ1) is 20.4. The van der Waals surface area contributed by atoms with Gasteiger partial charge < -0.3 is 15.0 Å². The fourth-order valence-electron chi connectivity index (χ4n) is 2.96. The van der Waals surface area contributed by atoms with Crippen molar-refractivity contribution in [2.24, 2.45) is 0 Å². The molecule has 0 radical (unpaired) electrons. The summed E-state index contributed by atoms with van der Waals surface area (Å²) in [5, 5.41) is 3.25. The summed E-state index contributed by atoms with van der Waals surface area (Å²) in [4.78, 5) is 14.4. The van der Waals surface area contributed by atoms with Gasteiger partial charge in [-0.3, -0.25) is 0 Å². The van der Waals surface area contributed by atoms with Gasteiger partial charge in [0, 0.05) is 31.2 Å². The van der Waals surface area contributed by atoms with E-state index < -0.39 is 10.0 Å². The highest BCUT2D eigenvalue weighted by atomic mass is 35.5. The number of hydrogen-bond acceptors (Lipinski definition) is 4. The van der Waals surface area contributed by atoms with Gasteiger partial charge in [0.05, 0.1) is 17.7 Å². The van der Waals surface area contributed by atoms with Crippen molar-refractivity contribution in [2.75, 3.05) is 38.6 Å². The third-order valence-electron chi connectivity index (χ3n) is 4.59. The van der Waals surface area contributed by atoms with E-state index in [1.807, 2.05) is 6.92 Å². The number of carbonyl (C=O) groups excluding carboxylic acids is 1. The molecule has 150 valence electrons. The number of hydrogen-bond donors (Lipinski definition) is 1. The molecule has 1 heterocycles. The van der Waals surface area contributed by atoms with Crippen molar-refractivity contribution in [1.29, 1.82) is 0 Å². The fourth-order valence-corrected chi connectivity index (χ4v) is 4.56. The molecule has 1 aliphatic heterocycles. The highest BCUT2D eigenvalue weighted by molar-refractivity contribution is 7.89. The van der Waals surface area contributed by atoms with Crippen LogP contribution in [-0.4, -0.2) is 56.9 Å². The maximum atomic E-state index is 12.8. The molecule has 2 aromatic carbocycles. The van der Waals surface area contributed by atoms with Crippen molar-refractivity contribution < 1.29 is 17.9 Å². The van der Waals surface area contributed by atoms with Crippen LogP contribution in [0.15, 0.2) is 47.4 Å². The number of carbonyl (C=O) groups is 1. The number of amides is 2. The van der Waals surface area contributed by atoms with Crippen LogP contribution >= 0.6 is 11.6 Å². The summed E-state index contributed by atoms with van der Waals surface area (Å²) >= 11 is 5.99. The number of urea groups is 1. The van der Waals surface area contributed by atoms with E-state index in [9.17, 15) is 13.2 Å². The zero-order chi connectivity index (χ0) is 20.3. The van der Waals surface area contributed by atoms with Crippen LogP contribution in [0.1, 0.15) is 5.56 Å². The molecule has 1 fully saturated rings. The lowest BCUT2D eigenvalue weighted by Crippen LogP contribution is -2.51. The Morgan fingerprint density at radius 1 is 1.07 bits per heavy atom. The molecule has 0 bridgehead atoms. The van der Waals surface area contributed by atoms with E-state index in [4.69, 9.17) is 16.3 Å². The number of piperazine rings is 1. The van der Waals surface area contributed by atoms with Crippen molar-refractivity contribution in [1.82, 2.24) is 9.21 Å². The number of sulfonamides is 1. The number of nitrogens with zero attached hydrogens (tertiary/aromatic N) is 2. The SMILES string of the molecule is COc1ccc(Cl)cc1NC(=O)N1CCN(S(=O)(=O)c2ccc(C)cc2)CC1. The largest absolute Gasteiger partial charge is 0.495 e. The summed E-state index contributed by atoms with van der Waals surface area (Å²) in [6, 6.07) is 11.4. The number of methoxy groups -OCH3 is 1. The predicted octanol–water partition coefficient (Wildman–Crippen LogP) is 3.20. The third kappa shape index (κ3) is 4.40. The van der Waals surface area contributed by atoms with Gasteiger partial charge in [-0.1, -0.05) is 29.3 Å². The number of nitrogens with one attached hydrogen (secondary N) is 1. The fraction of sp³-hybridized carbons (Fsp3) is 0.316. The lowest BCUT2D eigenvalue weighted by atomic mass is 10.2. The van der Waals surface area contributed by atoms with Crippen LogP contribution in [-0.2, 0) is 10.0 Å². The summed E-state index contributed by atoms with van der Waals surface area (Å²) in [6.45, 7) is 2.95. The number of ether oxygens (including phenoxy) is 1. The third-order valence-corrected chi connectivity index (χ3v) is 6.74. The van der Waals surface area contributed by atoms with Crippen LogP contribution in [0.2, 0.25) is 5.02 Å². The molecule has 0 spiro atoms. The molecule has 1 aliphatic rings. The Kier molecular flexibility index (Phi) is 6.12. The smallest absolute Gasteiger partial charge is 0.322 e. The molecule has 28 heavy (non-hydrogen) atoms. The Balaban J connectivity index is 1.64. The Bertz CT molecular complexity index is 956. The second-order valence-corrected chi connectivity index (χ2v) is 8.85. The van der Waals surface area contributed by atoms with Crippen LogP contribution in [0.4, 0.5) is 10.5 Å². The van der Waals surface area contributed by atoms with Crippen LogP contribution in [0, 0.1) is 6.92 Å². The molecule has 7 nitrogen and oxygen atoms in total. The van der Waals surface area contributed by atoms with Crippen LogP contribution in [0.3, 0.4) is 0 Å². The number of aryl methyl sites for hydroxylation is 1. The summed E-state index contributed by atoms with van der Waals surface area (Å²) in [5.74, 6) is 0.498. The average molecular weight is 424 g/mol. The topological polar surface area (TPSA) is 79.0 Å². The highest BCUT2D eigenvalue weighted by Gasteiger charge is 2.30. The van der Waals surface area contributed by atoms with E-state index in [0.29, 0.717) is 29.5 Å². The molecule has 0 saturated carbocycles.